The third kappa shape index (κ3) is 0.950. The summed E-state index contributed by atoms with van der Waals surface area (Å²) in [5.41, 5.74) is 0.105. The monoisotopic (exact) mass is 214 g/mol. The van der Waals surface area contributed by atoms with Crippen LogP contribution < -0.4 is 5.56 Å². The minimum atomic E-state index is 0.105. The third-order valence-electron chi connectivity index (χ3n) is 1.51. The van der Waals surface area contributed by atoms with Gasteiger partial charge in [-0.15, -0.1) is 0 Å². The van der Waals surface area contributed by atoms with Gasteiger partial charge in [-0.1, -0.05) is 0 Å². The Balaban J connectivity index is 3.04. The summed E-state index contributed by atoms with van der Waals surface area (Å²) >= 11 is 0.105. The van der Waals surface area contributed by atoms with E-state index in [0.29, 0.717) is 0 Å². The van der Waals surface area contributed by atoms with E-state index in [1.807, 2.05) is 13.1 Å². The molecule has 11 heavy (non-hydrogen) atoms. The van der Waals surface area contributed by atoms with Gasteiger partial charge in [-0.05, 0) is 0 Å². The Kier molecular flexibility index (Phi) is 1.44. The second-order valence-electron chi connectivity index (χ2n) is 2.25. The van der Waals surface area contributed by atoms with E-state index in [-0.39, 0.29) is 20.3 Å². The van der Waals surface area contributed by atoms with E-state index in [0.717, 1.165) is 9.78 Å². The van der Waals surface area contributed by atoms with E-state index in [9.17, 15) is 4.79 Å². The van der Waals surface area contributed by atoms with Gasteiger partial charge < -0.3 is 0 Å². The number of hydrogen-bond donors (Lipinski definition) is 0. The molecule has 0 N–H and O–H groups in total. The van der Waals surface area contributed by atoms with Crippen LogP contribution in [0.1, 0.15) is 0 Å². The van der Waals surface area contributed by atoms with Gasteiger partial charge in [0.05, 0.1) is 0 Å². The molecule has 0 fully saturated rings. The number of aryl methyl sites for hydroxylation is 1. The van der Waals surface area contributed by atoms with Crippen LogP contribution in [-0.2, 0) is 7.05 Å². The van der Waals surface area contributed by atoms with Crippen molar-refractivity contribution >= 4 is 24.5 Å². The van der Waals surface area contributed by atoms with Crippen LogP contribution in [0.3, 0.4) is 0 Å². The van der Waals surface area contributed by atoms with Crippen molar-refractivity contribution in [1.82, 2.24) is 8.55 Å². The Morgan fingerprint density at radius 1 is 1.64 bits per heavy atom. The molecule has 0 atom stereocenters. The second kappa shape index (κ2) is 2.32. The molecule has 0 radical (unpaired) electrons. The fourth-order valence-corrected chi connectivity index (χ4v) is 2.65. The van der Waals surface area contributed by atoms with Crippen LogP contribution in [0.15, 0.2) is 23.1 Å². The van der Waals surface area contributed by atoms with Crippen molar-refractivity contribution in [3.05, 3.63) is 28.7 Å². The average molecular weight is 213 g/mol. The van der Waals surface area contributed by atoms with Gasteiger partial charge in [0.15, 0.2) is 0 Å². The van der Waals surface area contributed by atoms with Crippen LogP contribution in [0.5, 0.6) is 0 Å². The zero-order valence-corrected chi connectivity index (χ0v) is 7.66. The summed E-state index contributed by atoms with van der Waals surface area (Å²) in [6.45, 7) is 0. The molecule has 4 heteroatoms. The molecule has 0 aromatic carbocycles. The Labute approximate surface area is 69.3 Å². The normalized spacial score (nSPS) is 10.6. The van der Waals surface area contributed by atoms with Crippen LogP contribution >= 0.6 is 0 Å². The van der Waals surface area contributed by atoms with Crippen molar-refractivity contribution in [3.63, 3.8) is 0 Å². The van der Waals surface area contributed by atoms with E-state index < -0.39 is 0 Å². The maximum atomic E-state index is 11.3. The first-order valence-corrected chi connectivity index (χ1v) is 4.82. The number of rotatable bonds is 0. The Bertz CT molecular complexity index is 443. The molecule has 2 rings (SSSR count). The molecule has 0 spiro atoms. The average Bonchev–Trinajstić information content (AvgIpc) is 2.30. The molecule has 2 aromatic rings. The van der Waals surface area contributed by atoms with Crippen LogP contribution in [-0.4, -0.2) is 23.3 Å². The van der Waals surface area contributed by atoms with Gasteiger partial charge in [0.2, 0.25) is 0 Å². The van der Waals surface area contributed by atoms with Crippen LogP contribution in [0.4, 0.5) is 0 Å². The maximum absolute atomic E-state index is 11.3. The molecule has 0 saturated carbocycles. The van der Waals surface area contributed by atoms with Crippen molar-refractivity contribution in [2.45, 2.75) is 0 Å². The van der Waals surface area contributed by atoms with Crippen molar-refractivity contribution in [3.8, 4) is 0 Å². The van der Waals surface area contributed by atoms with E-state index >= 15 is 0 Å². The first-order chi connectivity index (χ1) is 5.29. The van der Waals surface area contributed by atoms with Crippen molar-refractivity contribution in [1.29, 1.82) is 0 Å². The summed E-state index contributed by atoms with van der Waals surface area (Å²) in [4.78, 5) is 15.4. The van der Waals surface area contributed by atoms with Crippen LogP contribution in [0.25, 0.3) is 9.78 Å². The molecule has 3 nitrogen and oxygen atoms in total. The molecule has 0 bridgehead atoms. The van der Waals surface area contributed by atoms with Crippen LogP contribution in [0, 0.1) is 0 Å². The quantitative estimate of drug-likeness (QED) is 0.577. The Hall–Kier alpha value is -0.861. The van der Waals surface area contributed by atoms with E-state index in [2.05, 4.69) is 4.98 Å². The SMILES string of the molecule is Cn1[se]c2ncccc2c1=O. The van der Waals surface area contributed by atoms with Gasteiger partial charge in [0, 0.05) is 0 Å². The first kappa shape index (κ1) is 6.83. The topological polar surface area (TPSA) is 34.9 Å². The van der Waals surface area contributed by atoms with E-state index in [4.69, 9.17) is 0 Å². The molecule has 0 saturated heterocycles. The summed E-state index contributed by atoms with van der Waals surface area (Å²) in [6, 6.07) is 3.63. The van der Waals surface area contributed by atoms with Gasteiger partial charge in [-0.25, -0.2) is 0 Å². The number of hydrogen-bond acceptors (Lipinski definition) is 2. The van der Waals surface area contributed by atoms with Crippen LogP contribution in [0.2, 0.25) is 0 Å². The molecule has 2 aromatic heterocycles. The van der Waals surface area contributed by atoms with Gasteiger partial charge >= 0.3 is 68.8 Å². The zero-order chi connectivity index (χ0) is 7.84. The van der Waals surface area contributed by atoms with Crippen molar-refractivity contribution < 1.29 is 0 Å². The summed E-state index contributed by atoms with van der Waals surface area (Å²) in [5, 5.41) is 0.773. The van der Waals surface area contributed by atoms with E-state index in [1.165, 1.54) is 0 Å². The van der Waals surface area contributed by atoms with Gasteiger partial charge in [-0.2, -0.15) is 0 Å². The summed E-state index contributed by atoms with van der Waals surface area (Å²) in [7, 11) is 1.81. The molecular weight excluding hydrogens is 207 g/mol. The minimum absolute atomic E-state index is 0.105. The van der Waals surface area contributed by atoms with Crippen molar-refractivity contribution in [2.75, 3.05) is 0 Å². The molecule has 0 amide bonds. The molecule has 0 aliphatic carbocycles. The second-order valence-corrected chi connectivity index (χ2v) is 4.59. The van der Waals surface area contributed by atoms with E-state index in [1.54, 1.807) is 15.8 Å². The van der Waals surface area contributed by atoms with Gasteiger partial charge in [0.25, 0.3) is 0 Å². The molecular formula is C7H6N2OSe. The fourth-order valence-electron chi connectivity index (χ4n) is 0.967. The summed E-state index contributed by atoms with van der Waals surface area (Å²) in [5.74, 6) is 0. The summed E-state index contributed by atoms with van der Waals surface area (Å²) < 4.78 is 2.68. The first-order valence-electron chi connectivity index (χ1n) is 3.20. The Morgan fingerprint density at radius 3 is 3.18 bits per heavy atom. The third-order valence-corrected chi connectivity index (χ3v) is 3.48. The summed E-state index contributed by atoms with van der Waals surface area (Å²) in [6.07, 6.45) is 1.73. The molecule has 0 aliphatic heterocycles. The van der Waals surface area contributed by atoms with Crippen molar-refractivity contribution in [2.24, 2.45) is 7.05 Å². The number of fused-ring (bicyclic) bond motifs is 1. The molecule has 0 aliphatic rings. The fraction of sp³-hybridized carbons (Fsp3) is 0.143. The molecule has 2 heterocycles. The molecule has 56 valence electrons. The predicted molar refractivity (Wildman–Crippen MR) is 43.9 cm³/mol. The zero-order valence-electron chi connectivity index (χ0n) is 5.94. The number of nitrogens with zero attached hydrogens (tertiary/aromatic N) is 2. The Morgan fingerprint density at radius 2 is 2.45 bits per heavy atom. The van der Waals surface area contributed by atoms with Gasteiger partial charge in [0.1, 0.15) is 0 Å². The number of aromatic nitrogens is 2. The predicted octanol–water partition coefficient (Wildman–Crippen LogP) is -0.00950. The van der Waals surface area contributed by atoms with Gasteiger partial charge in [-0.3, -0.25) is 0 Å². The number of pyridine rings is 1. The molecule has 0 unspecified atom stereocenters. The standard InChI is InChI=1S/C7H6N2OSe/c1-9-7(10)5-3-2-4-8-6(5)11-9/h2-4H,1H3.